The summed E-state index contributed by atoms with van der Waals surface area (Å²) in [4.78, 5) is 15.1. The summed E-state index contributed by atoms with van der Waals surface area (Å²) in [5, 5.41) is 0. The third-order valence-electron chi connectivity index (χ3n) is 2.07. The van der Waals surface area contributed by atoms with Crippen LogP contribution in [0.1, 0.15) is 34.8 Å². The molecular weight excluding hydrogens is 152 g/mol. The molecule has 1 aliphatic rings. The van der Waals surface area contributed by atoms with Crippen LogP contribution in [0.4, 0.5) is 0 Å². The predicted octanol–water partition coefficient (Wildman–Crippen LogP) is 1.06. The standard InChI is InChI=1S/C9H10N2O/c10-9(12)7-2-1-5-11-8(7)6-3-4-6/h1-2,5-6H,3-4H2,(H2,10,12). The van der Waals surface area contributed by atoms with E-state index >= 15 is 0 Å². The number of amides is 1. The zero-order valence-corrected chi connectivity index (χ0v) is 6.66. The number of hydrogen-bond acceptors (Lipinski definition) is 2. The lowest BCUT2D eigenvalue weighted by Crippen LogP contribution is -2.14. The molecular formula is C9H10N2O. The molecule has 1 heterocycles. The minimum absolute atomic E-state index is 0.370. The predicted molar refractivity (Wildman–Crippen MR) is 44.7 cm³/mol. The van der Waals surface area contributed by atoms with Crippen LogP contribution in [0.3, 0.4) is 0 Å². The van der Waals surface area contributed by atoms with Gasteiger partial charge in [0.05, 0.1) is 11.3 Å². The van der Waals surface area contributed by atoms with Gasteiger partial charge in [0.1, 0.15) is 0 Å². The summed E-state index contributed by atoms with van der Waals surface area (Å²) in [6.07, 6.45) is 3.98. The number of hydrogen-bond donors (Lipinski definition) is 1. The summed E-state index contributed by atoms with van der Waals surface area (Å²) in [6.45, 7) is 0. The van der Waals surface area contributed by atoms with Gasteiger partial charge in [-0.1, -0.05) is 0 Å². The summed E-state index contributed by atoms with van der Waals surface area (Å²) in [7, 11) is 0. The molecule has 0 atom stereocenters. The molecule has 0 aliphatic heterocycles. The molecule has 1 amide bonds. The highest BCUT2D eigenvalue weighted by atomic mass is 16.1. The molecule has 2 N–H and O–H groups in total. The van der Waals surface area contributed by atoms with Crippen LogP contribution in [0.15, 0.2) is 18.3 Å². The van der Waals surface area contributed by atoms with Gasteiger partial charge in [-0.2, -0.15) is 0 Å². The molecule has 0 bridgehead atoms. The first-order valence-corrected chi connectivity index (χ1v) is 4.04. The molecule has 2 rings (SSSR count). The Bertz CT molecular complexity index is 318. The number of pyridine rings is 1. The van der Waals surface area contributed by atoms with E-state index in [4.69, 9.17) is 5.73 Å². The molecule has 1 aromatic rings. The Kier molecular flexibility index (Phi) is 1.57. The van der Waals surface area contributed by atoms with E-state index in [2.05, 4.69) is 4.98 Å². The Labute approximate surface area is 70.6 Å². The second-order valence-corrected chi connectivity index (χ2v) is 3.07. The number of rotatable bonds is 2. The van der Waals surface area contributed by atoms with E-state index in [-0.39, 0.29) is 5.91 Å². The van der Waals surface area contributed by atoms with Crippen LogP contribution in [-0.2, 0) is 0 Å². The number of carbonyl (C=O) groups excluding carboxylic acids is 1. The van der Waals surface area contributed by atoms with Crippen molar-refractivity contribution in [3.05, 3.63) is 29.6 Å². The van der Waals surface area contributed by atoms with Gasteiger partial charge in [0.2, 0.25) is 0 Å². The molecule has 3 nitrogen and oxygen atoms in total. The highest BCUT2D eigenvalue weighted by molar-refractivity contribution is 5.94. The van der Waals surface area contributed by atoms with E-state index in [1.165, 1.54) is 0 Å². The van der Waals surface area contributed by atoms with Gasteiger partial charge in [0, 0.05) is 12.1 Å². The van der Waals surface area contributed by atoms with Crippen molar-refractivity contribution in [1.29, 1.82) is 0 Å². The monoisotopic (exact) mass is 162 g/mol. The van der Waals surface area contributed by atoms with E-state index in [0.29, 0.717) is 11.5 Å². The molecule has 0 aromatic carbocycles. The van der Waals surface area contributed by atoms with E-state index in [9.17, 15) is 4.79 Å². The maximum Gasteiger partial charge on any atom is 0.250 e. The van der Waals surface area contributed by atoms with Gasteiger partial charge in [0.25, 0.3) is 5.91 Å². The van der Waals surface area contributed by atoms with Gasteiger partial charge in [-0.15, -0.1) is 0 Å². The normalized spacial score (nSPS) is 16.0. The van der Waals surface area contributed by atoms with Crippen molar-refractivity contribution in [1.82, 2.24) is 4.98 Å². The van der Waals surface area contributed by atoms with Crippen LogP contribution in [0, 0.1) is 0 Å². The molecule has 3 heteroatoms. The van der Waals surface area contributed by atoms with E-state index in [1.807, 2.05) is 0 Å². The number of aromatic nitrogens is 1. The van der Waals surface area contributed by atoms with Crippen LogP contribution >= 0.6 is 0 Å². The minimum atomic E-state index is -0.370. The molecule has 0 radical (unpaired) electrons. The third-order valence-corrected chi connectivity index (χ3v) is 2.07. The van der Waals surface area contributed by atoms with Gasteiger partial charge in [-0.25, -0.2) is 0 Å². The second kappa shape index (κ2) is 2.59. The average molecular weight is 162 g/mol. The smallest absolute Gasteiger partial charge is 0.250 e. The highest BCUT2D eigenvalue weighted by Crippen LogP contribution is 2.40. The molecule has 1 fully saturated rings. The second-order valence-electron chi connectivity index (χ2n) is 3.07. The summed E-state index contributed by atoms with van der Waals surface area (Å²) in [6, 6.07) is 3.48. The van der Waals surface area contributed by atoms with E-state index in [1.54, 1.807) is 18.3 Å². The Morgan fingerprint density at radius 1 is 1.58 bits per heavy atom. The minimum Gasteiger partial charge on any atom is -0.366 e. The number of nitrogens with two attached hydrogens (primary N) is 1. The maximum atomic E-state index is 10.9. The van der Waals surface area contributed by atoms with Crippen molar-refractivity contribution in [2.24, 2.45) is 5.73 Å². The molecule has 1 aliphatic carbocycles. The van der Waals surface area contributed by atoms with Gasteiger partial charge in [-0.3, -0.25) is 9.78 Å². The van der Waals surface area contributed by atoms with Crippen LogP contribution in [0.5, 0.6) is 0 Å². The first-order chi connectivity index (χ1) is 5.79. The fourth-order valence-corrected chi connectivity index (χ4v) is 1.31. The fourth-order valence-electron chi connectivity index (χ4n) is 1.31. The van der Waals surface area contributed by atoms with Crippen molar-refractivity contribution >= 4 is 5.91 Å². The molecule has 62 valence electrons. The van der Waals surface area contributed by atoms with E-state index in [0.717, 1.165) is 18.5 Å². The Morgan fingerprint density at radius 3 is 2.92 bits per heavy atom. The number of nitrogens with zero attached hydrogens (tertiary/aromatic N) is 1. The number of primary amides is 1. The zero-order valence-electron chi connectivity index (χ0n) is 6.66. The lowest BCUT2D eigenvalue weighted by molar-refractivity contribution is 0.0999. The van der Waals surface area contributed by atoms with Crippen molar-refractivity contribution in [2.45, 2.75) is 18.8 Å². The van der Waals surface area contributed by atoms with Crippen molar-refractivity contribution in [2.75, 3.05) is 0 Å². The number of carbonyl (C=O) groups is 1. The fraction of sp³-hybridized carbons (Fsp3) is 0.333. The van der Waals surface area contributed by atoms with E-state index < -0.39 is 0 Å². The SMILES string of the molecule is NC(=O)c1cccnc1C1CC1. The molecule has 0 unspecified atom stereocenters. The van der Waals surface area contributed by atoms with Crippen LogP contribution < -0.4 is 5.73 Å². The van der Waals surface area contributed by atoms with Crippen LogP contribution in [0.25, 0.3) is 0 Å². The van der Waals surface area contributed by atoms with Gasteiger partial charge < -0.3 is 5.73 Å². The molecule has 12 heavy (non-hydrogen) atoms. The lowest BCUT2D eigenvalue weighted by Gasteiger charge is -2.01. The first-order valence-electron chi connectivity index (χ1n) is 4.04. The lowest BCUT2D eigenvalue weighted by atomic mass is 10.1. The van der Waals surface area contributed by atoms with Crippen molar-refractivity contribution < 1.29 is 4.79 Å². The molecule has 0 spiro atoms. The topological polar surface area (TPSA) is 56.0 Å². The summed E-state index contributed by atoms with van der Waals surface area (Å²) in [5.74, 6) is 0.110. The quantitative estimate of drug-likeness (QED) is 0.706. The van der Waals surface area contributed by atoms with Gasteiger partial charge in [0.15, 0.2) is 0 Å². The molecule has 0 saturated heterocycles. The highest BCUT2D eigenvalue weighted by Gasteiger charge is 2.28. The van der Waals surface area contributed by atoms with Gasteiger partial charge in [-0.05, 0) is 25.0 Å². The third kappa shape index (κ3) is 1.18. The van der Waals surface area contributed by atoms with Crippen LogP contribution in [0.2, 0.25) is 0 Å². The Hall–Kier alpha value is -1.38. The van der Waals surface area contributed by atoms with Crippen molar-refractivity contribution in [3.8, 4) is 0 Å². The largest absolute Gasteiger partial charge is 0.366 e. The van der Waals surface area contributed by atoms with Crippen molar-refractivity contribution in [3.63, 3.8) is 0 Å². The zero-order chi connectivity index (χ0) is 8.55. The molecule has 1 saturated carbocycles. The molecule has 1 aromatic heterocycles. The first kappa shape index (κ1) is 7.28. The Balaban J connectivity index is 2.43. The van der Waals surface area contributed by atoms with Crippen LogP contribution in [-0.4, -0.2) is 10.9 Å². The Morgan fingerprint density at radius 2 is 2.33 bits per heavy atom. The maximum absolute atomic E-state index is 10.9. The van der Waals surface area contributed by atoms with Gasteiger partial charge >= 0.3 is 0 Å². The average Bonchev–Trinajstić information content (AvgIpc) is 2.87. The summed E-state index contributed by atoms with van der Waals surface area (Å²) >= 11 is 0. The summed E-state index contributed by atoms with van der Waals surface area (Å²) < 4.78 is 0. The summed E-state index contributed by atoms with van der Waals surface area (Å²) in [5.41, 5.74) is 6.66.